The van der Waals surface area contributed by atoms with Crippen molar-refractivity contribution in [3.63, 3.8) is 0 Å². The highest BCUT2D eigenvalue weighted by Gasteiger charge is 2.30. The van der Waals surface area contributed by atoms with Crippen LogP contribution in [0.2, 0.25) is 0 Å². The van der Waals surface area contributed by atoms with Crippen LogP contribution in [0.4, 0.5) is 8.87 Å². The van der Waals surface area contributed by atoms with E-state index in [2.05, 4.69) is 20.2 Å². The molecule has 51 heavy (non-hydrogen) atoms. The molecule has 5 heterocycles. The van der Waals surface area contributed by atoms with Gasteiger partial charge in [0, 0.05) is 62.0 Å². The van der Waals surface area contributed by atoms with Crippen LogP contribution in [0.3, 0.4) is 0 Å². The van der Waals surface area contributed by atoms with Gasteiger partial charge < -0.3 is 10.4 Å². The van der Waals surface area contributed by atoms with Gasteiger partial charge in [-0.2, -0.15) is 21.9 Å². The molecule has 0 spiro atoms. The zero-order chi connectivity index (χ0) is 35.1. The Morgan fingerprint density at radius 3 is 2.69 bits per heavy atom. The first kappa shape index (κ1) is 33.5. The number of rotatable bonds is 8. The third-order valence-corrected chi connectivity index (χ3v) is 11.1. The summed E-state index contributed by atoms with van der Waals surface area (Å²) in [5.74, 6) is 2.45. The second-order valence-electron chi connectivity index (χ2n) is 13.5. The molecule has 2 aromatic heterocycles. The highest BCUT2D eigenvalue weighted by atomic mass is 32.2. The predicted molar refractivity (Wildman–Crippen MR) is 194 cm³/mol. The van der Waals surface area contributed by atoms with E-state index in [1.54, 1.807) is 24.3 Å². The molecule has 14 heteroatoms. The van der Waals surface area contributed by atoms with Gasteiger partial charge in [0.1, 0.15) is 23.5 Å². The van der Waals surface area contributed by atoms with Gasteiger partial charge in [0.05, 0.1) is 17.3 Å². The molecule has 2 fully saturated rings. The monoisotopic (exact) mass is 713 g/mol. The predicted octanol–water partition coefficient (Wildman–Crippen LogP) is 3.49. The van der Waals surface area contributed by atoms with Gasteiger partial charge in [0.15, 0.2) is 12.3 Å². The highest BCUT2D eigenvalue weighted by Crippen LogP contribution is 2.31. The molecule has 0 amide bonds. The van der Waals surface area contributed by atoms with Gasteiger partial charge in [-0.15, -0.1) is 0 Å². The van der Waals surface area contributed by atoms with E-state index in [-0.39, 0.29) is 35.5 Å². The number of aliphatic imine (C=N–C) groups is 1. The van der Waals surface area contributed by atoms with Crippen LogP contribution in [0.25, 0.3) is 27.8 Å². The molecule has 2 aromatic carbocycles. The van der Waals surface area contributed by atoms with Gasteiger partial charge in [0.25, 0.3) is 5.56 Å². The van der Waals surface area contributed by atoms with Crippen LogP contribution in [0.1, 0.15) is 37.3 Å². The summed E-state index contributed by atoms with van der Waals surface area (Å²) in [6.45, 7) is 3.33. The van der Waals surface area contributed by atoms with E-state index in [0.29, 0.717) is 36.7 Å². The van der Waals surface area contributed by atoms with Crippen molar-refractivity contribution in [2.24, 2.45) is 4.99 Å². The van der Waals surface area contributed by atoms with Crippen LogP contribution in [-0.4, -0.2) is 78.9 Å². The maximum Gasteiger partial charge on any atom is 0.337 e. The Balaban J connectivity index is 1.08. The molecule has 1 saturated heterocycles. The summed E-state index contributed by atoms with van der Waals surface area (Å²) >= 11 is 1.94. The van der Waals surface area contributed by atoms with Crippen LogP contribution in [0, 0.1) is 5.82 Å². The van der Waals surface area contributed by atoms with E-state index >= 15 is 0 Å². The topological polar surface area (TPSA) is 112 Å². The summed E-state index contributed by atoms with van der Waals surface area (Å²) in [5, 5.41) is 14.6. The quantitative estimate of drug-likeness (QED) is 0.238. The molecule has 4 aliphatic rings. The first-order valence-electron chi connectivity index (χ1n) is 17.4. The van der Waals surface area contributed by atoms with Gasteiger partial charge in [-0.25, -0.2) is 23.6 Å². The average molecular weight is 714 g/mol. The first-order chi connectivity index (χ1) is 24.8. The summed E-state index contributed by atoms with van der Waals surface area (Å²) < 4.78 is 30.9. The van der Waals surface area contributed by atoms with E-state index in [1.165, 1.54) is 15.3 Å². The fourth-order valence-corrected chi connectivity index (χ4v) is 8.57. The van der Waals surface area contributed by atoms with Crippen LogP contribution in [0.5, 0.6) is 5.75 Å². The van der Waals surface area contributed by atoms with Crippen LogP contribution < -0.4 is 21.5 Å². The lowest BCUT2D eigenvalue weighted by atomic mass is 9.91. The Labute approximate surface area is 297 Å². The number of phenols is 1. The molecule has 0 bridgehead atoms. The molecule has 3 aliphatic heterocycles. The minimum atomic E-state index is -0.652. The molecule has 0 radical (unpaired) electrons. The number of benzene rings is 2. The van der Waals surface area contributed by atoms with Gasteiger partial charge >= 0.3 is 5.69 Å². The number of nitrogens with one attached hydrogen (secondary N) is 2. The van der Waals surface area contributed by atoms with Crippen molar-refractivity contribution in [2.45, 2.75) is 44.3 Å². The number of phenolic OH excluding ortho intramolecular Hbond substituents is 1. The Hall–Kier alpha value is -4.63. The van der Waals surface area contributed by atoms with Crippen molar-refractivity contribution in [2.75, 3.05) is 37.8 Å². The molecule has 8 rings (SSSR count). The molecular formula is C37H39F2N8O3S+. The van der Waals surface area contributed by atoms with E-state index in [1.807, 2.05) is 42.2 Å². The second-order valence-corrected chi connectivity index (χ2v) is 14.7. The number of hydrogen-bond acceptors (Lipinski definition) is 9. The number of nitrogens with zero attached hydrogens (tertiary/aromatic N) is 6. The van der Waals surface area contributed by atoms with Crippen molar-refractivity contribution in [3.05, 3.63) is 111 Å². The number of amidine groups is 1. The molecule has 264 valence electrons. The van der Waals surface area contributed by atoms with E-state index in [9.17, 15) is 23.6 Å². The maximum absolute atomic E-state index is 14.6. The number of aromatic nitrogens is 3. The Morgan fingerprint density at radius 2 is 1.86 bits per heavy atom. The Morgan fingerprint density at radius 1 is 1.04 bits per heavy atom. The fraction of sp³-hybridized carbons (Fsp3) is 0.351. The third kappa shape index (κ3) is 6.88. The highest BCUT2D eigenvalue weighted by molar-refractivity contribution is 7.99. The number of pyridine rings is 1. The van der Waals surface area contributed by atoms with Crippen LogP contribution >= 0.6 is 11.8 Å². The van der Waals surface area contributed by atoms with E-state index in [4.69, 9.17) is 0 Å². The number of quaternary nitrogens is 1. The summed E-state index contributed by atoms with van der Waals surface area (Å²) in [4.78, 5) is 40.4. The maximum atomic E-state index is 14.6. The number of halogens is 2. The minimum Gasteiger partial charge on any atom is -0.508 e. The summed E-state index contributed by atoms with van der Waals surface area (Å²) in [7, 11) is 0. The van der Waals surface area contributed by atoms with Crippen molar-refractivity contribution in [3.8, 4) is 22.6 Å². The third-order valence-electron chi connectivity index (χ3n) is 10.2. The summed E-state index contributed by atoms with van der Waals surface area (Å²) in [6.07, 6.45) is 8.60. The summed E-state index contributed by atoms with van der Waals surface area (Å²) in [6, 6.07) is 13.8. The molecule has 3 N–H and O–H groups in total. The minimum absolute atomic E-state index is 0.0423. The molecule has 4 aromatic rings. The number of thioether (sulfide) groups is 1. The van der Waals surface area contributed by atoms with Gasteiger partial charge in [-0.3, -0.25) is 14.3 Å². The van der Waals surface area contributed by atoms with Crippen molar-refractivity contribution >= 4 is 28.6 Å². The van der Waals surface area contributed by atoms with Crippen molar-refractivity contribution < 1.29 is 18.9 Å². The number of fused-ring (bicyclic) bond motifs is 2. The van der Waals surface area contributed by atoms with Gasteiger partial charge in [-0.1, -0.05) is 22.7 Å². The van der Waals surface area contributed by atoms with E-state index in [0.717, 1.165) is 82.8 Å². The lowest BCUT2D eigenvalue weighted by Crippen LogP contribution is -3.11. The van der Waals surface area contributed by atoms with Crippen LogP contribution in [0.15, 0.2) is 93.5 Å². The summed E-state index contributed by atoms with van der Waals surface area (Å²) in [5.41, 5.74) is 3.14. The lowest BCUT2D eigenvalue weighted by molar-refractivity contribution is -0.763. The molecule has 1 atom stereocenters. The Kier molecular flexibility index (Phi) is 9.32. The lowest BCUT2D eigenvalue weighted by Gasteiger charge is -2.30. The van der Waals surface area contributed by atoms with Gasteiger partial charge in [-0.05, 0) is 72.7 Å². The molecule has 1 saturated carbocycles. The van der Waals surface area contributed by atoms with Crippen LogP contribution in [-0.2, 0) is 6.54 Å². The zero-order valence-corrected chi connectivity index (χ0v) is 28.8. The molecule has 11 nitrogen and oxygen atoms in total. The molecule has 1 aliphatic carbocycles. The number of aromatic hydroxyl groups is 1. The second kappa shape index (κ2) is 14.2. The first-order valence-corrected chi connectivity index (χ1v) is 18.5. The fourth-order valence-electron chi connectivity index (χ4n) is 7.59. The SMILES string of the molecule is O=c1c2cc(F)cnc2n(-c2cccc(-c3ccc(O)cc3CN3CCSCC3)c2)c(=O)n1C1CCC(NCC2=C[NH+]3CN(F)C=CC3=N2)CC1. The molecular weight excluding hydrogens is 675 g/mol. The normalized spacial score (nSPS) is 22.2. The Bertz CT molecular complexity index is 2190. The standard InChI is InChI=1S/C37H38F2N8O3S/c38-26-18-33-35(41-19-26)46(30-3-1-2-24(16-30)32-9-8-31(48)17-25(32)21-43-12-14-51-15-13-43)37(50)47(36(33)49)29-6-4-27(5-7-29)40-20-28-22-44-23-45(39)11-10-34(44)42-28/h1-3,8-11,16-19,22,27,29,40,48H,4-7,12-15,20-21,23H2/p+1. The number of hydrogen-bond donors (Lipinski definition) is 3. The smallest absolute Gasteiger partial charge is 0.337 e. The zero-order valence-electron chi connectivity index (χ0n) is 28.0. The van der Waals surface area contributed by atoms with Crippen molar-refractivity contribution in [1.29, 1.82) is 0 Å². The average Bonchev–Trinajstić information content (AvgIpc) is 3.54. The van der Waals surface area contributed by atoms with E-state index < -0.39 is 17.1 Å². The van der Waals surface area contributed by atoms with Crippen molar-refractivity contribution in [1.82, 2.24) is 29.5 Å². The molecule has 1 unspecified atom stereocenters. The van der Waals surface area contributed by atoms with Gasteiger partial charge in [0.2, 0.25) is 5.84 Å². The largest absolute Gasteiger partial charge is 0.508 e.